The predicted octanol–water partition coefficient (Wildman–Crippen LogP) is 0.649. The summed E-state index contributed by atoms with van der Waals surface area (Å²) in [5.74, 6) is 0.0702. The van der Waals surface area contributed by atoms with Crippen LogP contribution in [-0.4, -0.2) is 39.4 Å². The van der Waals surface area contributed by atoms with Gasteiger partial charge in [0.1, 0.15) is 12.2 Å². The van der Waals surface area contributed by atoms with Crippen LogP contribution in [0.5, 0.6) is 0 Å². The van der Waals surface area contributed by atoms with Crippen LogP contribution in [0.25, 0.3) is 0 Å². The molecule has 0 aromatic rings. The zero-order valence-corrected chi connectivity index (χ0v) is 9.82. The number of fused-ring (bicyclic) bond motifs is 1. The molecule has 3 atom stereocenters. The molecule has 0 aliphatic heterocycles. The highest BCUT2D eigenvalue weighted by Crippen LogP contribution is 2.43. The first-order chi connectivity index (χ1) is 7.71. The van der Waals surface area contributed by atoms with Gasteiger partial charge in [0, 0.05) is 21.3 Å². The van der Waals surface area contributed by atoms with Gasteiger partial charge in [-0.05, 0) is 29.7 Å². The molecule has 0 bridgehead atoms. The van der Waals surface area contributed by atoms with Gasteiger partial charge in [-0.3, -0.25) is 4.79 Å². The predicted molar refractivity (Wildman–Crippen MR) is 59.9 cm³/mol. The Bertz CT molecular complexity index is 359. The molecule has 4 heteroatoms. The van der Waals surface area contributed by atoms with Gasteiger partial charge in [-0.2, -0.15) is 0 Å². The minimum atomic E-state index is -0.0868. The van der Waals surface area contributed by atoms with Crippen molar-refractivity contribution in [2.24, 2.45) is 5.92 Å². The molecule has 1 saturated carbocycles. The van der Waals surface area contributed by atoms with Crippen molar-refractivity contribution in [1.29, 1.82) is 0 Å². The third kappa shape index (κ3) is 1.68. The van der Waals surface area contributed by atoms with Gasteiger partial charge >= 0.3 is 0 Å². The Balaban J connectivity index is 2.16. The minimum Gasteiger partial charge on any atom is -0.374 e. The molecule has 1 fully saturated rings. The molecule has 0 aromatic heterocycles. The van der Waals surface area contributed by atoms with Crippen LogP contribution in [0.4, 0.5) is 0 Å². The number of carbonyl (C=O) groups excluding carboxylic acids is 1. The number of nitrogens with one attached hydrogen (secondary N) is 1. The van der Waals surface area contributed by atoms with Crippen LogP contribution in [0.2, 0.25) is 0 Å². The second-order valence-corrected chi connectivity index (χ2v) is 4.09. The van der Waals surface area contributed by atoms with Gasteiger partial charge < -0.3 is 14.8 Å². The van der Waals surface area contributed by atoms with Crippen LogP contribution >= 0.6 is 0 Å². The quantitative estimate of drug-likeness (QED) is 0.764. The van der Waals surface area contributed by atoms with Crippen molar-refractivity contribution < 1.29 is 14.3 Å². The van der Waals surface area contributed by atoms with Gasteiger partial charge in [0.15, 0.2) is 0 Å². The van der Waals surface area contributed by atoms with E-state index in [1.807, 2.05) is 6.08 Å². The van der Waals surface area contributed by atoms with Crippen LogP contribution in [0.15, 0.2) is 23.3 Å². The maximum atomic E-state index is 11.5. The molecule has 2 unspecified atom stereocenters. The number of amides is 1. The molecule has 4 nitrogen and oxygen atoms in total. The van der Waals surface area contributed by atoms with Crippen molar-refractivity contribution >= 4 is 5.91 Å². The van der Waals surface area contributed by atoms with Crippen molar-refractivity contribution in [2.75, 3.05) is 21.3 Å². The first kappa shape index (κ1) is 11.4. The number of carbonyl (C=O) groups is 1. The number of ether oxygens (including phenoxy) is 2. The molecule has 2 rings (SSSR count). The van der Waals surface area contributed by atoms with E-state index in [4.69, 9.17) is 9.47 Å². The Morgan fingerprint density at radius 1 is 1.31 bits per heavy atom. The lowest BCUT2D eigenvalue weighted by atomic mass is 9.70. The summed E-state index contributed by atoms with van der Waals surface area (Å²) >= 11 is 0. The highest BCUT2D eigenvalue weighted by molar-refractivity contribution is 5.86. The highest BCUT2D eigenvalue weighted by atomic mass is 16.5. The Hall–Kier alpha value is -1.13. The normalized spacial score (nSPS) is 32.1. The summed E-state index contributed by atoms with van der Waals surface area (Å²) < 4.78 is 10.7. The maximum Gasteiger partial charge on any atom is 0.227 e. The van der Waals surface area contributed by atoms with Gasteiger partial charge in [-0.15, -0.1) is 0 Å². The van der Waals surface area contributed by atoms with Gasteiger partial charge in [0.05, 0.1) is 5.92 Å². The van der Waals surface area contributed by atoms with E-state index in [1.54, 1.807) is 21.3 Å². The Kier molecular flexibility index (Phi) is 3.12. The van der Waals surface area contributed by atoms with Crippen molar-refractivity contribution in [3.8, 4) is 0 Å². The number of allylic oxidation sites excluding steroid dienone is 1. The fraction of sp³-hybridized carbons (Fsp3) is 0.583. The summed E-state index contributed by atoms with van der Waals surface area (Å²) in [4.78, 5) is 11.5. The van der Waals surface area contributed by atoms with Crippen LogP contribution in [0.3, 0.4) is 0 Å². The third-order valence-electron chi connectivity index (χ3n) is 3.31. The Morgan fingerprint density at radius 3 is 2.50 bits per heavy atom. The SMILES string of the molecule is CNC(=O)[C@H]1CC2=CC(OC)C(OC)C=C21. The first-order valence-corrected chi connectivity index (χ1v) is 5.41. The number of rotatable bonds is 3. The summed E-state index contributed by atoms with van der Waals surface area (Å²) in [5, 5.41) is 2.68. The molecule has 2 aliphatic rings. The van der Waals surface area contributed by atoms with Crippen LogP contribution < -0.4 is 5.32 Å². The van der Waals surface area contributed by atoms with Crippen molar-refractivity contribution in [3.63, 3.8) is 0 Å². The van der Waals surface area contributed by atoms with Crippen LogP contribution in [-0.2, 0) is 14.3 Å². The van der Waals surface area contributed by atoms with Gasteiger partial charge in [-0.25, -0.2) is 0 Å². The van der Waals surface area contributed by atoms with E-state index < -0.39 is 0 Å². The molecule has 0 spiro atoms. The van der Waals surface area contributed by atoms with Gasteiger partial charge in [-0.1, -0.05) is 0 Å². The number of hydrogen-bond donors (Lipinski definition) is 1. The molecule has 1 amide bonds. The second-order valence-electron chi connectivity index (χ2n) is 4.09. The molecule has 16 heavy (non-hydrogen) atoms. The highest BCUT2D eigenvalue weighted by Gasteiger charge is 2.39. The summed E-state index contributed by atoms with van der Waals surface area (Å²) in [5.41, 5.74) is 2.31. The van der Waals surface area contributed by atoms with E-state index in [9.17, 15) is 4.79 Å². The molecule has 0 radical (unpaired) electrons. The van der Waals surface area contributed by atoms with Crippen molar-refractivity contribution in [1.82, 2.24) is 5.32 Å². The third-order valence-corrected chi connectivity index (χ3v) is 3.31. The molecule has 1 N–H and O–H groups in total. The first-order valence-electron chi connectivity index (χ1n) is 5.41. The van der Waals surface area contributed by atoms with E-state index in [2.05, 4.69) is 11.4 Å². The Morgan fingerprint density at radius 2 is 1.94 bits per heavy atom. The van der Waals surface area contributed by atoms with E-state index in [-0.39, 0.29) is 24.0 Å². The van der Waals surface area contributed by atoms with E-state index in [1.165, 1.54) is 5.57 Å². The van der Waals surface area contributed by atoms with Gasteiger partial charge in [0.25, 0.3) is 0 Å². The zero-order chi connectivity index (χ0) is 11.7. The fourth-order valence-electron chi connectivity index (χ4n) is 2.31. The molecule has 88 valence electrons. The maximum absolute atomic E-state index is 11.5. The second kappa shape index (κ2) is 4.39. The summed E-state index contributed by atoms with van der Waals surface area (Å²) in [7, 11) is 4.99. The van der Waals surface area contributed by atoms with Crippen LogP contribution in [0, 0.1) is 5.92 Å². The lowest BCUT2D eigenvalue weighted by Gasteiger charge is -2.38. The van der Waals surface area contributed by atoms with Gasteiger partial charge in [0.2, 0.25) is 5.91 Å². The summed E-state index contributed by atoms with van der Waals surface area (Å²) in [6.45, 7) is 0. The monoisotopic (exact) mass is 223 g/mol. The smallest absolute Gasteiger partial charge is 0.227 e. The minimum absolute atomic E-state index is 0.00768. The molecular weight excluding hydrogens is 206 g/mol. The van der Waals surface area contributed by atoms with Crippen molar-refractivity contribution in [3.05, 3.63) is 23.3 Å². The average Bonchev–Trinajstić information content (AvgIpc) is 2.30. The van der Waals surface area contributed by atoms with E-state index in [0.717, 1.165) is 12.0 Å². The largest absolute Gasteiger partial charge is 0.374 e. The van der Waals surface area contributed by atoms with E-state index >= 15 is 0 Å². The summed E-state index contributed by atoms with van der Waals surface area (Å²) in [6.07, 6.45) is 4.75. The zero-order valence-electron chi connectivity index (χ0n) is 9.82. The summed E-state index contributed by atoms with van der Waals surface area (Å²) in [6, 6.07) is 0. The molecule has 2 aliphatic carbocycles. The number of methoxy groups -OCH3 is 2. The molecule has 0 heterocycles. The molecule has 0 aromatic carbocycles. The topological polar surface area (TPSA) is 47.6 Å². The molecular formula is C12H17NO3. The average molecular weight is 223 g/mol. The lowest BCUT2D eigenvalue weighted by Crippen LogP contribution is -2.40. The van der Waals surface area contributed by atoms with E-state index in [0.29, 0.717) is 0 Å². The fourth-order valence-corrected chi connectivity index (χ4v) is 2.31. The number of hydrogen-bond acceptors (Lipinski definition) is 3. The standard InChI is InChI=1S/C12H17NO3/c1-13-12(14)9-4-7-5-10(15-2)11(16-3)6-8(7)9/h5-6,9-11H,4H2,1-3H3,(H,13,14)/t9-,10?,11?/m0/s1. The van der Waals surface area contributed by atoms with Crippen LogP contribution in [0.1, 0.15) is 6.42 Å². The molecule has 0 saturated heterocycles. The van der Waals surface area contributed by atoms with Crippen molar-refractivity contribution in [2.45, 2.75) is 18.6 Å². The Labute approximate surface area is 95.3 Å². The lowest BCUT2D eigenvalue weighted by molar-refractivity contribution is -0.124.